The number of aliphatic imine (C=N–C) groups is 1. The van der Waals surface area contributed by atoms with Crippen LogP contribution in [0.15, 0.2) is 4.99 Å². The van der Waals surface area contributed by atoms with E-state index in [1.807, 2.05) is 0 Å². The Hall–Kier alpha value is -1.76. The van der Waals surface area contributed by atoms with Crippen molar-refractivity contribution >= 4 is 24.1 Å². The molecule has 0 spiro atoms. The maximum Gasteiger partial charge on any atom is 0.350 e. The lowest BCUT2D eigenvalue weighted by atomic mass is 10.4. The van der Waals surface area contributed by atoms with Gasteiger partial charge in [0.1, 0.15) is 0 Å². The van der Waals surface area contributed by atoms with E-state index in [0.717, 1.165) is 6.92 Å². The van der Waals surface area contributed by atoms with Gasteiger partial charge in [-0.15, -0.1) is 0 Å². The zero-order chi connectivity index (χ0) is 9.56. The Balaban J connectivity index is 3.93. The molecule has 0 atom stereocenters. The molecule has 0 saturated heterocycles. The van der Waals surface area contributed by atoms with Gasteiger partial charge in [-0.05, 0) is 0 Å². The molecular formula is C5H6N2O5. The summed E-state index contributed by atoms with van der Waals surface area (Å²) in [6.45, 7) is 0.995. The molecule has 0 rings (SSSR count). The molecule has 0 aromatic rings. The lowest BCUT2D eigenvalue weighted by molar-refractivity contribution is -0.147. The first-order chi connectivity index (χ1) is 5.57. The Labute approximate surface area is 67.0 Å². The molecule has 0 fully saturated rings. The molecule has 0 heterocycles. The van der Waals surface area contributed by atoms with E-state index in [1.165, 1.54) is 0 Å². The first-order valence-electron chi connectivity index (χ1n) is 2.76. The average Bonchev–Trinajstić information content (AvgIpc) is 2.00. The summed E-state index contributed by atoms with van der Waals surface area (Å²) in [5.41, 5.74) is 0. The van der Waals surface area contributed by atoms with Crippen LogP contribution in [-0.2, 0) is 14.5 Å². The van der Waals surface area contributed by atoms with Crippen LogP contribution in [0.5, 0.6) is 0 Å². The standard InChI is InChI=1S/C5H6N2O5/c1-3(8)4(9)7-5(10)6-2-12-11/h2,11H,1H3,(H,7,9,10)/b6-2+. The Morgan fingerprint density at radius 1 is 1.50 bits per heavy atom. The van der Waals surface area contributed by atoms with Crippen molar-refractivity contribution in [3.05, 3.63) is 0 Å². The maximum atomic E-state index is 10.5. The third-order valence-corrected chi connectivity index (χ3v) is 0.757. The van der Waals surface area contributed by atoms with Gasteiger partial charge in [0.25, 0.3) is 5.91 Å². The lowest BCUT2D eigenvalue weighted by Crippen LogP contribution is -2.32. The van der Waals surface area contributed by atoms with Crippen LogP contribution < -0.4 is 5.32 Å². The molecule has 0 aromatic carbocycles. The fraction of sp³-hybridized carbons (Fsp3) is 0.200. The highest BCUT2D eigenvalue weighted by molar-refractivity contribution is 6.37. The first kappa shape index (κ1) is 10.2. The summed E-state index contributed by atoms with van der Waals surface area (Å²) < 4.78 is 0. The summed E-state index contributed by atoms with van der Waals surface area (Å²) >= 11 is 0. The molecule has 0 radical (unpaired) electrons. The third-order valence-electron chi connectivity index (χ3n) is 0.757. The Morgan fingerprint density at radius 2 is 2.08 bits per heavy atom. The second-order valence-electron chi connectivity index (χ2n) is 1.66. The second-order valence-corrected chi connectivity index (χ2v) is 1.66. The number of amides is 3. The van der Waals surface area contributed by atoms with Gasteiger partial charge in [-0.2, -0.15) is 4.99 Å². The molecule has 0 bridgehead atoms. The van der Waals surface area contributed by atoms with Gasteiger partial charge in [-0.25, -0.2) is 10.1 Å². The van der Waals surface area contributed by atoms with Crippen LogP contribution >= 0.6 is 0 Å². The summed E-state index contributed by atoms with van der Waals surface area (Å²) in [4.78, 5) is 37.3. The minimum absolute atomic E-state index is 0.406. The highest BCUT2D eigenvalue weighted by Crippen LogP contribution is 1.75. The normalized spacial score (nSPS) is 9.50. The molecule has 0 aliphatic rings. The second kappa shape index (κ2) is 4.97. The quantitative estimate of drug-likeness (QED) is 0.190. The van der Waals surface area contributed by atoms with Gasteiger partial charge in [-0.3, -0.25) is 14.9 Å². The molecule has 3 amide bonds. The zero-order valence-electron chi connectivity index (χ0n) is 6.10. The molecule has 7 heteroatoms. The van der Waals surface area contributed by atoms with Crippen LogP contribution in [0.1, 0.15) is 6.92 Å². The lowest BCUT2D eigenvalue weighted by Gasteiger charge is -1.93. The monoisotopic (exact) mass is 174 g/mol. The number of hydrogen-bond acceptors (Lipinski definition) is 5. The Bertz CT molecular complexity index is 234. The van der Waals surface area contributed by atoms with Gasteiger partial charge in [-0.1, -0.05) is 0 Å². The number of urea groups is 1. The van der Waals surface area contributed by atoms with Crippen molar-refractivity contribution < 1.29 is 24.5 Å². The van der Waals surface area contributed by atoms with Gasteiger partial charge in [0, 0.05) is 6.92 Å². The van der Waals surface area contributed by atoms with Gasteiger partial charge in [0.15, 0.2) is 0 Å². The molecular weight excluding hydrogens is 168 g/mol. The summed E-state index contributed by atoms with van der Waals surface area (Å²) in [5.74, 6) is -1.89. The number of nitrogens with one attached hydrogen (secondary N) is 1. The predicted molar refractivity (Wildman–Crippen MR) is 36.4 cm³/mol. The summed E-state index contributed by atoms with van der Waals surface area (Å²) in [7, 11) is 0. The molecule has 2 N–H and O–H groups in total. The predicted octanol–water partition coefficient (Wildman–Crippen LogP) is -0.671. The van der Waals surface area contributed by atoms with Crippen molar-refractivity contribution in [2.45, 2.75) is 6.92 Å². The minimum Gasteiger partial charge on any atom is -0.328 e. The van der Waals surface area contributed by atoms with Crippen molar-refractivity contribution in [1.82, 2.24) is 5.32 Å². The number of imide groups is 1. The number of nitrogens with zero attached hydrogens (tertiary/aromatic N) is 1. The molecule has 66 valence electrons. The van der Waals surface area contributed by atoms with E-state index >= 15 is 0 Å². The largest absolute Gasteiger partial charge is 0.350 e. The SMILES string of the molecule is CC(=O)C(=O)NC(=O)/N=C/OO. The molecule has 0 aliphatic carbocycles. The fourth-order valence-corrected chi connectivity index (χ4v) is 0.289. The van der Waals surface area contributed by atoms with E-state index in [4.69, 9.17) is 5.26 Å². The van der Waals surface area contributed by atoms with Crippen molar-refractivity contribution in [2.75, 3.05) is 0 Å². The number of Topliss-reactive ketones (excluding diaryl/α,β-unsaturated/α-hetero) is 1. The van der Waals surface area contributed by atoms with Crippen molar-refractivity contribution in [3.63, 3.8) is 0 Å². The fourth-order valence-electron chi connectivity index (χ4n) is 0.289. The van der Waals surface area contributed by atoms with Gasteiger partial charge < -0.3 is 4.89 Å². The van der Waals surface area contributed by atoms with Crippen molar-refractivity contribution in [3.8, 4) is 0 Å². The summed E-state index contributed by atoms with van der Waals surface area (Å²) in [5, 5.41) is 9.28. The summed E-state index contributed by atoms with van der Waals surface area (Å²) in [6.07, 6.45) is 0.406. The minimum atomic E-state index is -1.09. The average molecular weight is 174 g/mol. The molecule has 0 aliphatic heterocycles. The number of hydrogen-bond donors (Lipinski definition) is 2. The topological polar surface area (TPSA) is 105 Å². The van der Waals surface area contributed by atoms with Crippen LogP contribution in [0.3, 0.4) is 0 Å². The van der Waals surface area contributed by atoms with E-state index in [9.17, 15) is 14.4 Å². The number of carbonyl (C=O) groups excluding carboxylic acids is 3. The van der Waals surface area contributed by atoms with E-state index in [-0.39, 0.29) is 0 Å². The van der Waals surface area contributed by atoms with E-state index in [1.54, 1.807) is 5.32 Å². The molecule has 7 nitrogen and oxygen atoms in total. The van der Waals surface area contributed by atoms with Gasteiger partial charge in [0.05, 0.1) is 0 Å². The van der Waals surface area contributed by atoms with Crippen molar-refractivity contribution in [2.24, 2.45) is 4.99 Å². The molecule has 0 unspecified atom stereocenters. The van der Waals surface area contributed by atoms with Gasteiger partial charge in [0.2, 0.25) is 12.2 Å². The Morgan fingerprint density at radius 3 is 2.50 bits per heavy atom. The highest BCUT2D eigenvalue weighted by Gasteiger charge is 2.10. The third kappa shape index (κ3) is 4.12. The number of rotatable bonds is 2. The Kier molecular flexibility index (Phi) is 4.24. The van der Waals surface area contributed by atoms with Gasteiger partial charge >= 0.3 is 6.03 Å². The zero-order valence-corrected chi connectivity index (χ0v) is 6.10. The number of carbonyl (C=O) groups is 3. The van der Waals surface area contributed by atoms with Crippen LogP contribution in [0, 0.1) is 0 Å². The summed E-state index contributed by atoms with van der Waals surface area (Å²) in [6, 6.07) is -1.09. The van der Waals surface area contributed by atoms with Crippen LogP contribution in [-0.4, -0.2) is 29.4 Å². The molecule has 0 saturated carbocycles. The van der Waals surface area contributed by atoms with Crippen molar-refractivity contribution in [1.29, 1.82) is 0 Å². The molecule has 12 heavy (non-hydrogen) atoms. The molecule has 0 aromatic heterocycles. The first-order valence-corrected chi connectivity index (χ1v) is 2.76. The van der Waals surface area contributed by atoms with E-state index < -0.39 is 17.7 Å². The number of ketones is 1. The van der Waals surface area contributed by atoms with Crippen LogP contribution in [0.25, 0.3) is 0 Å². The van der Waals surface area contributed by atoms with E-state index in [2.05, 4.69) is 9.88 Å². The van der Waals surface area contributed by atoms with Crippen LogP contribution in [0.4, 0.5) is 4.79 Å². The smallest absolute Gasteiger partial charge is 0.328 e. The maximum absolute atomic E-state index is 10.5. The van der Waals surface area contributed by atoms with Crippen LogP contribution in [0.2, 0.25) is 0 Å². The highest BCUT2D eigenvalue weighted by atomic mass is 17.1. The van der Waals surface area contributed by atoms with E-state index in [0.29, 0.717) is 6.40 Å².